The lowest BCUT2D eigenvalue weighted by atomic mass is 10.0. The van der Waals surface area contributed by atoms with Gasteiger partial charge in [-0.25, -0.2) is 0 Å². The minimum atomic E-state index is -0.599. The molecule has 0 saturated carbocycles. The molecule has 0 radical (unpaired) electrons. The summed E-state index contributed by atoms with van der Waals surface area (Å²) >= 11 is 0. The fraction of sp³-hybridized carbons (Fsp3) is 0.143. The lowest BCUT2D eigenvalue weighted by Crippen LogP contribution is -2.41. The summed E-state index contributed by atoms with van der Waals surface area (Å²) < 4.78 is 0. The monoisotopic (exact) mass is 331 g/mol. The Morgan fingerprint density at radius 2 is 1.60 bits per heavy atom. The van der Waals surface area contributed by atoms with Crippen LogP contribution in [0.4, 0.5) is 0 Å². The summed E-state index contributed by atoms with van der Waals surface area (Å²) in [5.41, 5.74) is 10.1. The first-order valence-electron chi connectivity index (χ1n) is 8.30. The number of nitrogens with one attached hydrogen (secondary N) is 1. The largest absolute Gasteiger partial charge is 0.351 e. The highest BCUT2D eigenvalue weighted by atomic mass is 16.2. The van der Waals surface area contributed by atoms with Crippen molar-refractivity contribution >= 4 is 5.91 Å². The molecule has 3 N–H and O–H groups in total. The van der Waals surface area contributed by atoms with Crippen molar-refractivity contribution in [2.45, 2.75) is 19.0 Å². The molecule has 0 aliphatic heterocycles. The number of nitrogens with zero attached hydrogens (tertiary/aromatic N) is 1. The van der Waals surface area contributed by atoms with Gasteiger partial charge in [0.05, 0.1) is 6.04 Å². The molecule has 126 valence electrons. The summed E-state index contributed by atoms with van der Waals surface area (Å²) in [7, 11) is 0. The van der Waals surface area contributed by atoms with E-state index in [0.717, 1.165) is 16.8 Å². The van der Waals surface area contributed by atoms with E-state index >= 15 is 0 Å². The van der Waals surface area contributed by atoms with E-state index < -0.39 is 6.04 Å². The molecule has 0 bridgehead atoms. The molecule has 25 heavy (non-hydrogen) atoms. The van der Waals surface area contributed by atoms with Crippen LogP contribution in [0.1, 0.15) is 11.3 Å². The standard InChI is InChI=1S/C21H21N3O/c22-20(14-19-8-4-5-13-23-19)21(25)24-15-16-9-11-18(12-10-16)17-6-2-1-3-7-17/h1-13,20H,14-15,22H2,(H,24,25)/t20-/m0/s1. The van der Waals surface area contributed by atoms with E-state index in [1.54, 1.807) is 6.20 Å². The van der Waals surface area contributed by atoms with Gasteiger partial charge in [0.2, 0.25) is 5.91 Å². The normalized spacial score (nSPS) is 11.7. The van der Waals surface area contributed by atoms with E-state index in [9.17, 15) is 4.79 Å². The average Bonchev–Trinajstić information content (AvgIpc) is 2.68. The van der Waals surface area contributed by atoms with Crippen LogP contribution >= 0.6 is 0 Å². The van der Waals surface area contributed by atoms with Crippen LogP contribution in [-0.4, -0.2) is 16.9 Å². The Balaban J connectivity index is 1.53. The Kier molecular flexibility index (Phi) is 5.54. The number of pyridine rings is 1. The third-order valence-corrected chi connectivity index (χ3v) is 4.02. The molecule has 0 aliphatic rings. The second kappa shape index (κ2) is 8.22. The predicted octanol–water partition coefficient (Wildman–Crippen LogP) is 2.93. The lowest BCUT2D eigenvalue weighted by molar-refractivity contribution is -0.122. The SMILES string of the molecule is N[C@@H](Cc1ccccn1)C(=O)NCc1ccc(-c2ccccc2)cc1. The van der Waals surface area contributed by atoms with Crippen molar-refractivity contribution < 1.29 is 4.79 Å². The Morgan fingerprint density at radius 3 is 2.28 bits per heavy atom. The van der Waals surface area contributed by atoms with Crippen LogP contribution in [0.15, 0.2) is 79.0 Å². The van der Waals surface area contributed by atoms with Crippen LogP contribution in [0.5, 0.6) is 0 Å². The first-order valence-corrected chi connectivity index (χ1v) is 8.30. The van der Waals surface area contributed by atoms with Crippen LogP contribution in [0, 0.1) is 0 Å². The summed E-state index contributed by atoms with van der Waals surface area (Å²) in [5, 5.41) is 2.89. The molecule has 1 atom stereocenters. The fourth-order valence-corrected chi connectivity index (χ4v) is 2.60. The highest BCUT2D eigenvalue weighted by Crippen LogP contribution is 2.19. The van der Waals surface area contributed by atoms with E-state index in [-0.39, 0.29) is 5.91 Å². The molecular formula is C21H21N3O. The number of hydrogen-bond donors (Lipinski definition) is 2. The lowest BCUT2D eigenvalue weighted by Gasteiger charge is -2.12. The fourth-order valence-electron chi connectivity index (χ4n) is 2.60. The van der Waals surface area contributed by atoms with Gasteiger partial charge in [0, 0.05) is 24.9 Å². The van der Waals surface area contributed by atoms with E-state index in [4.69, 9.17) is 5.73 Å². The number of aromatic nitrogens is 1. The Hall–Kier alpha value is -2.98. The van der Waals surface area contributed by atoms with Gasteiger partial charge in [-0.1, -0.05) is 60.7 Å². The summed E-state index contributed by atoms with van der Waals surface area (Å²) in [4.78, 5) is 16.3. The number of benzene rings is 2. The number of amides is 1. The van der Waals surface area contributed by atoms with E-state index in [2.05, 4.69) is 34.6 Å². The smallest absolute Gasteiger partial charge is 0.237 e. The van der Waals surface area contributed by atoms with E-state index in [1.165, 1.54) is 5.56 Å². The average molecular weight is 331 g/mol. The molecule has 1 heterocycles. The summed E-state index contributed by atoms with van der Waals surface area (Å²) in [6, 6.07) is 23.4. The van der Waals surface area contributed by atoms with Crippen LogP contribution < -0.4 is 11.1 Å². The first kappa shape index (κ1) is 16.9. The molecule has 0 unspecified atom stereocenters. The van der Waals surface area contributed by atoms with Crippen molar-refractivity contribution in [3.63, 3.8) is 0 Å². The Bertz CT molecular complexity index is 802. The van der Waals surface area contributed by atoms with Gasteiger partial charge < -0.3 is 11.1 Å². The topological polar surface area (TPSA) is 68.0 Å². The van der Waals surface area contributed by atoms with Crippen molar-refractivity contribution in [1.82, 2.24) is 10.3 Å². The van der Waals surface area contributed by atoms with Crippen molar-refractivity contribution in [3.8, 4) is 11.1 Å². The summed E-state index contributed by atoms with van der Waals surface area (Å²) in [6.45, 7) is 0.462. The first-order chi connectivity index (χ1) is 12.2. The molecular weight excluding hydrogens is 310 g/mol. The zero-order valence-electron chi connectivity index (χ0n) is 13.9. The van der Waals surface area contributed by atoms with E-state index in [0.29, 0.717) is 13.0 Å². The van der Waals surface area contributed by atoms with Gasteiger partial charge in [-0.2, -0.15) is 0 Å². The minimum Gasteiger partial charge on any atom is -0.351 e. The second-order valence-electron chi connectivity index (χ2n) is 5.91. The third kappa shape index (κ3) is 4.75. The molecule has 0 aliphatic carbocycles. The number of hydrogen-bond acceptors (Lipinski definition) is 3. The molecule has 0 spiro atoms. The summed E-state index contributed by atoms with van der Waals surface area (Å²) in [6.07, 6.45) is 2.13. The Labute approximate surface area is 147 Å². The van der Waals surface area contributed by atoms with Crippen LogP contribution in [0.2, 0.25) is 0 Å². The number of carbonyl (C=O) groups excluding carboxylic acids is 1. The van der Waals surface area contributed by atoms with Gasteiger partial charge in [-0.3, -0.25) is 9.78 Å². The highest BCUT2D eigenvalue weighted by Gasteiger charge is 2.14. The zero-order valence-corrected chi connectivity index (χ0v) is 13.9. The number of nitrogens with two attached hydrogens (primary N) is 1. The minimum absolute atomic E-state index is 0.169. The predicted molar refractivity (Wildman–Crippen MR) is 99.6 cm³/mol. The van der Waals surface area contributed by atoms with Gasteiger partial charge >= 0.3 is 0 Å². The second-order valence-corrected chi connectivity index (χ2v) is 5.91. The van der Waals surface area contributed by atoms with Gasteiger partial charge in [-0.05, 0) is 28.8 Å². The maximum absolute atomic E-state index is 12.1. The number of carbonyl (C=O) groups is 1. The van der Waals surface area contributed by atoms with Crippen molar-refractivity contribution in [3.05, 3.63) is 90.3 Å². The van der Waals surface area contributed by atoms with E-state index in [1.807, 2.05) is 48.5 Å². The molecule has 3 rings (SSSR count). The highest BCUT2D eigenvalue weighted by molar-refractivity contribution is 5.81. The molecule has 2 aromatic carbocycles. The quantitative estimate of drug-likeness (QED) is 0.730. The maximum Gasteiger partial charge on any atom is 0.237 e. The molecule has 4 nitrogen and oxygen atoms in total. The van der Waals surface area contributed by atoms with Gasteiger partial charge in [0.15, 0.2) is 0 Å². The third-order valence-electron chi connectivity index (χ3n) is 4.02. The van der Waals surface area contributed by atoms with Crippen LogP contribution in [0.3, 0.4) is 0 Å². The molecule has 1 aromatic heterocycles. The maximum atomic E-state index is 12.1. The molecule has 1 amide bonds. The molecule has 4 heteroatoms. The van der Waals surface area contributed by atoms with Crippen molar-refractivity contribution in [1.29, 1.82) is 0 Å². The van der Waals surface area contributed by atoms with Gasteiger partial charge in [-0.15, -0.1) is 0 Å². The van der Waals surface area contributed by atoms with Crippen LogP contribution in [0.25, 0.3) is 11.1 Å². The van der Waals surface area contributed by atoms with Gasteiger partial charge in [0.25, 0.3) is 0 Å². The number of rotatable bonds is 6. The van der Waals surface area contributed by atoms with Crippen molar-refractivity contribution in [2.24, 2.45) is 5.73 Å². The molecule has 0 fully saturated rings. The Morgan fingerprint density at radius 1 is 0.920 bits per heavy atom. The van der Waals surface area contributed by atoms with Crippen molar-refractivity contribution in [2.75, 3.05) is 0 Å². The molecule has 3 aromatic rings. The molecule has 0 saturated heterocycles. The summed E-state index contributed by atoms with van der Waals surface area (Å²) in [5.74, 6) is -0.169. The zero-order chi connectivity index (χ0) is 17.5. The van der Waals surface area contributed by atoms with Gasteiger partial charge in [0.1, 0.15) is 0 Å². The van der Waals surface area contributed by atoms with Crippen LogP contribution in [-0.2, 0) is 17.8 Å².